The summed E-state index contributed by atoms with van der Waals surface area (Å²) in [5, 5.41) is 0. The summed E-state index contributed by atoms with van der Waals surface area (Å²) < 4.78 is 72.8. The Kier molecular flexibility index (Phi) is 8.80. The van der Waals surface area contributed by atoms with Crippen LogP contribution in [0.25, 0.3) is 11.1 Å². The van der Waals surface area contributed by atoms with Crippen molar-refractivity contribution in [1.82, 2.24) is 10.0 Å². The molecule has 0 saturated carbocycles. The van der Waals surface area contributed by atoms with Crippen molar-refractivity contribution in [3.63, 3.8) is 0 Å². The van der Waals surface area contributed by atoms with E-state index in [0.29, 0.717) is 13.0 Å². The van der Waals surface area contributed by atoms with Crippen LogP contribution in [0.1, 0.15) is 32.6 Å². The quantitative estimate of drug-likeness (QED) is 0.468. The fourth-order valence-electron chi connectivity index (χ4n) is 3.60. The number of alkyl halides is 2. The molecular formula is C23H27F3N2O7S. The van der Waals surface area contributed by atoms with Crippen molar-refractivity contribution in [2.75, 3.05) is 12.9 Å². The second kappa shape index (κ2) is 11.4. The molecule has 13 heteroatoms. The lowest BCUT2D eigenvalue weighted by atomic mass is 10.1. The molecule has 2 atom stereocenters. The average Bonchev–Trinajstić information content (AvgIpc) is 2.81. The fourth-order valence-corrected chi connectivity index (χ4v) is 4.44. The van der Waals surface area contributed by atoms with Crippen LogP contribution in [0, 0.1) is 5.82 Å². The van der Waals surface area contributed by atoms with Crippen LogP contribution < -0.4 is 15.8 Å². The molecule has 2 heterocycles. The number of carbonyl (C=O) groups excluding carboxylic acids is 1. The van der Waals surface area contributed by atoms with Gasteiger partial charge in [-0.2, -0.15) is 8.78 Å². The van der Waals surface area contributed by atoms with Crippen molar-refractivity contribution in [3.8, 4) is 16.9 Å². The van der Waals surface area contributed by atoms with Crippen molar-refractivity contribution in [2.45, 2.75) is 56.8 Å². The zero-order valence-corrected chi connectivity index (χ0v) is 20.5. The number of aryl methyl sites for hydroxylation is 1. The first-order valence-electron chi connectivity index (χ1n) is 11.1. The van der Waals surface area contributed by atoms with Crippen LogP contribution in [0.15, 0.2) is 41.3 Å². The molecule has 1 aromatic carbocycles. The number of hydrogen-bond acceptors (Lipinski definition) is 7. The number of nitrogens with one attached hydrogen (secondary N) is 1. The highest BCUT2D eigenvalue weighted by Gasteiger charge is 2.44. The van der Waals surface area contributed by atoms with E-state index < -0.39 is 44.8 Å². The molecule has 9 nitrogen and oxygen atoms in total. The van der Waals surface area contributed by atoms with Gasteiger partial charge >= 0.3 is 6.61 Å². The summed E-state index contributed by atoms with van der Waals surface area (Å²) in [6.07, 6.45) is 3.60. The number of ether oxygens (including phenoxy) is 2. The van der Waals surface area contributed by atoms with E-state index in [1.807, 2.05) is 0 Å². The zero-order valence-electron chi connectivity index (χ0n) is 19.7. The smallest absolute Gasteiger partial charge is 0.387 e. The van der Waals surface area contributed by atoms with Gasteiger partial charge in [-0.3, -0.25) is 9.59 Å². The molecule has 1 amide bonds. The third-order valence-corrected chi connectivity index (χ3v) is 8.05. The van der Waals surface area contributed by atoms with E-state index in [4.69, 9.17) is 9.57 Å². The third kappa shape index (κ3) is 6.65. The predicted octanol–water partition coefficient (Wildman–Crippen LogP) is 3.02. The van der Waals surface area contributed by atoms with Crippen LogP contribution in [0.2, 0.25) is 0 Å². The summed E-state index contributed by atoms with van der Waals surface area (Å²) in [5.74, 6) is -2.12. The number of pyridine rings is 1. The Hall–Kier alpha value is -2.90. The summed E-state index contributed by atoms with van der Waals surface area (Å²) >= 11 is 0. The molecule has 198 valence electrons. The van der Waals surface area contributed by atoms with E-state index in [-0.39, 0.29) is 29.8 Å². The molecule has 2 aromatic rings. The summed E-state index contributed by atoms with van der Waals surface area (Å²) in [6.45, 7) is -1.54. The van der Waals surface area contributed by atoms with E-state index in [2.05, 4.69) is 10.2 Å². The molecule has 1 saturated heterocycles. The number of carbonyl (C=O) groups is 1. The van der Waals surface area contributed by atoms with Gasteiger partial charge in [0.05, 0.1) is 0 Å². The van der Waals surface area contributed by atoms with Gasteiger partial charge in [-0.05, 0) is 49.9 Å². The Morgan fingerprint density at radius 3 is 2.61 bits per heavy atom. The van der Waals surface area contributed by atoms with E-state index >= 15 is 0 Å². The number of hydrogen-bond donors (Lipinski definition) is 1. The number of sulfone groups is 1. The monoisotopic (exact) mass is 532 g/mol. The average molecular weight is 533 g/mol. The Morgan fingerprint density at radius 1 is 1.28 bits per heavy atom. The van der Waals surface area contributed by atoms with Crippen LogP contribution in [-0.4, -0.2) is 49.4 Å². The number of halogens is 3. The summed E-state index contributed by atoms with van der Waals surface area (Å²) in [7, 11) is -3.93. The number of nitrogens with zero attached hydrogens (tertiary/aromatic N) is 1. The number of rotatable bonds is 10. The molecule has 1 aliphatic heterocycles. The van der Waals surface area contributed by atoms with Crippen molar-refractivity contribution >= 4 is 15.7 Å². The Balaban J connectivity index is 1.73. The molecule has 1 aliphatic rings. The van der Waals surface area contributed by atoms with Gasteiger partial charge in [-0.15, -0.1) is 0 Å². The minimum Gasteiger partial charge on any atom is -0.435 e. The van der Waals surface area contributed by atoms with Gasteiger partial charge in [0.25, 0.3) is 11.5 Å². The molecule has 1 unspecified atom stereocenters. The molecule has 3 rings (SSSR count). The third-order valence-electron chi connectivity index (χ3n) is 6.02. The Bertz CT molecular complexity index is 1250. The number of aromatic nitrogens is 1. The van der Waals surface area contributed by atoms with E-state index in [9.17, 15) is 31.2 Å². The van der Waals surface area contributed by atoms with Crippen LogP contribution in [0.3, 0.4) is 0 Å². The molecule has 0 radical (unpaired) electrons. The maximum absolute atomic E-state index is 14.4. The van der Waals surface area contributed by atoms with Crippen LogP contribution in [-0.2, 0) is 30.8 Å². The fraction of sp³-hybridized carbons (Fsp3) is 0.478. The van der Waals surface area contributed by atoms with Gasteiger partial charge in [-0.1, -0.05) is 0 Å². The topological polar surface area (TPSA) is 113 Å². The van der Waals surface area contributed by atoms with Crippen LogP contribution >= 0.6 is 0 Å². The molecule has 1 aromatic heterocycles. The standard InChI is InChI=1S/C23H27F3N2O7S/c1-23(36(2,31)32,21(30)27-35-20-5-3-4-12-33-20)9-11-28-10-8-15(13-19(28)29)17-7-6-16(14-18(17)24)34-22(25)26/h6-8,10,13-14,20,22H,3-5,9,11-12H2,1-2H3,(H,27,30)/t20?,23-/m1/s1. The molecule has 1 fully saturated rings. The van der Waals surface area contributed by atoms with E-state index in [1.54, 1.807) is 0 Å². The first-order chi connectivity index (χ1) is 16.9. The second-order valence-electron chi connectivity index (χ2n) is 8.57. The number of benzene rings is 1. The van der Waals surface area contributed by atoms with Crippen molar-refractivity contribution in [2.24, 2.45) is 0 Å². The summed E-state index contributed by atoms with van der Waals surface area (Å²) in [4.78, 5) is 30.6. The number of amides is 1. The molecular weight excluding hydrogens is 505 g/mol. The van der Waals surface area contributed by atoms with Crippen molar-refractivity contribution in [3.05, 3.63) is 52.7 Å². The highest BCUT2D eigenvalue weighted by Crippen LogP contribution is 2.27. The second-order valence-corrected chi connectivity index (χ2v) is 11.0. The van der Waals surface area contributed by atoms with Gasteiger partial charge in [0.1, 0.15) is 11.6 Å². The van der Waals surface area contributed by atoms with E-state index in [1.165, 1.54) is 29.8 Å². The molecule has 0 bridgehead atoms. The number of hydroxylamine groups is 1. The predicted molar refractivity (Wildman–Crippen MR) is 123 cm³/mol. The first kappa shape index (κ1) is 27.7. The van der Waals surface area contributed by atoms with Gasteiger partial charge in [0, 0.05) is 49.7 Å². The van der Waals surface area contributed by atoms with Crippen molar-refractivity contribution in [1.29, 1.82) is 0 Å². The Morgan fingerprint density at radius 2 is 2.03 bits per heavy atom. The maximum atomic E-state index is 14.4. The summed E-state index contributed by atoms with van der Waals surface area (Å²) in [5.41, 5.74) is 1.76. The van der Waals surface area contributed by atoms with E-state index in [0.717, 1.165) is 37.3 Å². The van der Waals surface area contributed by atoms with Gasteiger partial charge in [0.2, 0.25) is 0 Å². The first-order valence-corrected chi connectivity index (χ1v) is 13.0. The largest absolute Gasteiger partial charge is 0.435 e. The van der Waals surface area contributed by atoms with Gasteiger partial charge in [0.15, 0.2) is 20.9 Å². The Labute approximate surface area is 206 Å². The van der Waals surface area contributed by atoms with Crippen LogP contribution in [0.5, 0.6) is 5.75 Å². The normalized spacial score (nSPS) is 18.0. The minimum absolute atomic E-state index is 0.0108. The van der Waals surface area contributed by atoms with Crippen molar-refractivity contribution < 1.29 is 40.7 Å². The lowest BCUT2D eigenvalue weighted by molar-refractivity contribution is -0.201. The SMILES string of the molecule is C[C@@](CCn1ccc(-c2ccc(OC(F)F)cc2F)cc1=O)(C(=O)NOC1CCCCO1)S(C)(=O)=O. The minimum atomic E-state index is -3.93. The highest BCUT2D eigenvalue weighted by molar-refractivity contribution is 7.92. The lowest BCUT2D eigenvalue weighted by Gasteiger charge is -2.28. The lowest BCUT2D eigenvalue weighted by Crippen LogP contribution is -2.51. The summed E-state index contributed by atoms with van der Waals surface area (Å²) in [6, 6.07) is 5.66. The maximum Gasteiger partial charge on any atom is 0.387 e. The van der Waals surface area contributed by atoms with Gasteiger partial charge < -0.3 is 14.0 Å². The molecule has 1 N–H and O–H groups in total. The van der Waals surface area contributed by atoms with Gasteiger partial charge in [-0.25, -0.2) is 23.1 Å². The molecule has 0 aliphatic carbocycles. The molecule has 0 spiro atoms. The molecule has 36 heavy (non-hydrogen) atoms. The highest BCUT2D eigenvalue weighted by atomic mass is 32.2. The van der Waals surface area contributed by atoms with Crippen LogP contribution in [0.4, 0.5) is 13.2 Å². The zero-order chi connectivity index (χ0) is 26.5.